The quantitative estimate of drug-likeness (QED) is 0.548. The first-order valence-electron chi connectivity index (χ1n) is 4.21. The van der Waals surface area contributed by atoms with Crippen LogP contribution in [0.1, 0.15) is 12.8 Å². The monoisotopic (exact) mass is 248 g/mol. The van der Waals surface area contributed by atoms with E-state index in [4.69, 9.17) is 4.74 Å². The van der Waals surface area contributed by atoms with Crippen molar-refractivity contribution in [2.24, 2.45) is 5.41 Å². The molecule has 3 aliphatic rings. The van der Waals surface area contributed by atoms with Crippen LogP contribution in [-0.2, 0) is 15.0 Å². The van der Waals surface area contributed by atoms with Gasteiger partial charge in [0.25, 0.3) is 0 Å². The Morgan fingerprint density at radius 1 is 1.27 bits per heavy atom. The summed E-state index contributed by atoms with van der Waals surface area (Å²) in [7, 11) is -4.79. The van der Waals surface area contributed by atoms with Crippen LogP contribution in [0, 0.1) is 5.41 Å². The third-order valence-corrected chi connectivity index (χ3v) is 3.88. The van der Waals surface area contributed by atoms with Gasteiger partial charge in [0.2, 0.25) is 0 Å². The topological polar surface area (TPSA) is 43.4 Å². The van der Waals surface area contributed by atoms with Crippen molar-refractivity contribution in [2.45, 2.75) is 24.6 Å². The molecule has 2 aliphatic heterocycles. The zero-order valence-electron chi connectivity index (χ0n) is 7.47. The summed E-state index contributed by atoms with van der Waals surface area (Å²) in [6.45, 7) is -0.563. The number of ether oxygens (including phenoxy) is 1. The lowest BCUT2D eigenvalue weighted by Gasteiger charge is -2.44. The van der Waals surface area contributed by atoms with Crippen molar-refractivity contribution >= 4 is 10.2 Å². The van der Waals surface area contributed by atoms with Gasteiger partial charge in [0.15, 0.2) is 0 Å². The molecule has 2 bridgehead atoms. The SMILES string of the molecule is O=S(=O)(F)CC12CC(C(F)(F)F)(CO1)C2. The standard InChI is InChI=1S/C7H8F4O3S/c8-7(9,10)5-1-6(2-5,14-3-5)4-15(11,12)13/h1-4H2. The van der Waals surface area contributed by atoms with Gasteiger partial charge in [0.1, 0.15) is 5.75 Å². The van der Waals surface area contributed by atoms with E-state index in [0.29, 0.717) is 0 Å². The summed E-state index contributed by atoms with van der Waals surface area (Å²) in [5.74, 6) is -0.974. The fourth-order valence-electron chi connectivity index (χ4n) is 2.42. The predicted molar refractivity (Wildman–Crippen MR) is 41.3 cm³/mol. The van der Waals surface area contributed by atoms with Crippen LogP contribution in [0.25, 0.3) is 0 Å². The molecule has 0 atom stereocenters. The highest BCUT2D eigenvalue weighted by molar-refractivity contribution is 7.86. The molecular formula is C7H8F4O3S. The smallest absolute Gasteiger partial charge is 0.373 e. The molecule has 8 heteroatoms. The summed E-state index contributed by atoms with van der Waals surface area (Å²) < 4.78 is 75.2. The third-order valence-electron chi connectivity index (χ3n) is 3.01. The Labute approximate surface area is 83.6 Å². The Morgan fingerprint density at radius 2 is 1.80 bits per heavy atom. The molecule has 0 spiro atoms. The first kappa shape index (κ1) is 11.1. The average molecular weight is 248 g/mol. The summed E-state index contributed by atoms with van der Waals surface area (Å²) in [5, 5.41) is 0. The Bertz CT molecular complexity index is 380. The molecule has 0 amide bonds. The third kappa shape index (κ3) is 1.63. The van der Waals surface area contributed by atoms with Crippen molar-refractivity contribution in [3.05, 3.63) is 0 Å². The Morgan fingerprint density at radius 3 is 2.13 bits per heavy atom. The van der Waals surface area contributed by atoms with E-state index < -0.39 is 52.6 Å². The second-order valence-corrected chi connectivity index (χ2v) is 5.65. The van der Waals surface area contributed by atoms with E-state index in [-0.39, 0.29) is 0 Å². The van der Waals surface area contributed by atoms with Gasteiger partial charge in [-0.15, -0.1) is 3.89 Å². The van der Waals surface area contributed by atoms with Crippen LogP contribution in [0.5, 0.6) is 0 Å². The van der Waals surface area contributed by atoms with Crippen LogP contribution in [-0.4, -0.2) is 32.6 Å². The lowest BCUT2D eigenvalue weighted by Crippen LogP contribution is -2.54. The largest absolute Gasteiger partial charge is 0.396 e. The molecule has 0 aromatic rings. The number of alkyl halides is 3. The molecule has 88 valence electrons. The van der Waals surface area contributed by atoms with E-state index >= 15 is 0 Å². The van der Waals surface area contributed by atoms with E-state index in [1.165, 1.54) is 0 Å². The van der Waals surface area contributed by atoms with Gasteiger partial charge in [-0.3, -0.25) is 0 Å². The summed E-state index contributed by atoms with van der Waals surface area (Å²) in [4.78, 5) is 0. The van der Waals surface area contributed by atoms with Crippen LogP contribution >= 0.6 is 0 Å². The fraction of sp³-hybridized carbons (Fsp3) is 1.00. The highest BCUT2D eigenvalue weighted by atomic mass is 32.3. The van der Waals surface area contributed by atoms with E-state index in [0.717, 1.165) is 0 Å². The van der Waals surface area contributed by atoms with Crippen molar-refractivity contribution in [1.29, 1.82) is 0 Å². The zero-order valence-corrected chi connectivity index (χ0v) is 8.29. The van der Waals surface area contributed by atoms with E-state index in [2.05, 4.69) is 0 Å². The maximum absolute atomic E-state index is 12.5. The molecule has 2 heterocycles. The molecule has 0 aromatic carbocycles. The van der Waals surface area contributed by atoms with Crippen molar-refractivity contribution in [1.82, 2.24) is 0 Å². The van der Waals surface area contributed by atoms with Crippen LogP contribution < -0.4 is 0 Å². The molecule has 0 radical (unpaired) electrons. The number of fused-ring (bicyclic) bond motifs is 1. The molecule has 3 fully saturated rings. The van der Waals surface area contributed by atoms with Gasteiger partial charge >= 0.3 is 16.4 Å². The van der Waals surface area contributed by atoms with E-state index in [1.54, 1.807) is 0 Å². The van der Waals surface area contributed by atoms with Crippen molar-refractivity contribution in [3.63, 3.8) is 0 Å². The maximum atomic E-state index is 12.5. The molecule has 3 nitrogen and oxygen atoms in total. The second-order valence-electron chi connectivity index (χ2n) is 4.29. The second kappa shape index (κ2) is 2.65. The minimum atomic E-state index is -4.79. The molecule has 15 heavy (non-hydrogen) atoms. The Kier molecular flexibility index (Phi) is 1.97. The van der Waals surface area contributed by atoms with E-state index in [1.807, 2.05) is 0 Å². The van der Waals surface area contributed by atoms with Gasteiger partial charge in [0, 0.05) is 0 Å². The van der Waals surface area contributed by atoms with Gasteiger partial charge < -0.3 is 4.74 Å². The minimum absolute atomic E-state index is 0.452. The lowest BCUT2D eigenvalue weighted by molar-refractivity contribution is -0.241. The Balaban J connectivity index is 2.12. The molecular weight excluding hydrogens is 240 g/mol. The minimum Gasteiger partial charge on any atom is -0.373 e. The number of hydrogen-bond acceptors (Lipinski definition) is 3. The van der Waals surface area contributed by atoms with Gasteiger partial charge in [-0.1, -0.05) is 0 Å². The first-order chi connectivity index (χ1) is 6.58. The predicted octanol–water partition coefficient (Wildman–Crippen LogP) is 1.40. The highest BCUT2D eigenvalue weighted by Crippen LogP contribution is 2.65. The lowest BCUT2D eigenvalue weighted by atomic mass is 9.63. The number of halogens is 4. The van der Waals surface area contributed by atoms with Gasteiger partial charge in [-0.05, 0) is 12.8 Å². The van der Waals surface area contributed by atoms with Crippen molar-refractivity contribution in [2.75, 3.05) is 12.4 Å². The molecule has 1 saturated carbocycles. The fourth-order valence-corrected chi connectivity index (χ4v) is 3.33. The van der Waals surface area contributed by atoms with Crippen LogP contribution in [0.2, 0.25) is 0 Å². The molecule has 0 aromatic heterocycles. The Hall–Kier alpha value is -0.370. The molecule has 3 rings (SSSR count). The van der Waals surface area contributed by atoms with Crippen molar-refractivity contribution in [3.8, 4) is 0 Å². The summed E-state index contributed by atoms with van der Waals surface area (Å²) in [6, 6.07) is 0. The summed E-state index contributed by atoms with van der Waals surface area (Å²) in [5.41, 5.74) is -3.39. The van der Waals surface area contributed by atoms with E-state index in [9.17, 15) is 25.5 Å². The first-order valence-corrected chi connectivity index (χ1v) is 5.76. The van der Waals surface area contributed by atoms with Crippen LogP contribution in [0.4, 0.5) is 17.1 Å². The molecule has 1 aliphatic carbocycles. The highest BCUT2D eigenvalue weighted by Gasteiger charge is 2.74. The molecule has 0 unspecified atom stereocenters. The average Bonchev–Trinajstić information content (AvgIpc) is 2.34. The number of hydrogen-bond donors (Lipinski definition) is 0. The van der Waals surface area contributed by atoms with Gasteiger partial charge in [-0.2, -0.15) is 21.6 Å². The van der Waals surface area contributed by atoms with Gasteiger partial charge in [0.05, 0.1) is 17.6 Å². The van der Waals surface area contributed by atoms with Crippen molar-refractivity contribution < 1.29 is 30.2 Å². The molecule has 0 N–H and O–H groups in total. The zero-order chi connectivity index (χ0) is 11.5. The number of rotatable bonds is 2. The summed E-state index contributed by atoms with van der Waals surface area (Å²) >= 11 is 0. The van der Waals surface area contributed by atoms with Crippen LogP contribution in [0.15, 0.2) is 0 Å². The van der Waals surface area contributed by atoms with Gasteiger partial charge in [-0.25, -0.2) is 0 Å². The summed E-state index contributed by atoms with van der Waals surface area (Å²) in [6.07, 6.45) is -5.31. The van der Waals surface area contributed by atoms with Crippen LogP contribution in [0.3, 0.4) is 0 Å². The molecule has 2 saturated heterocycles. The normalized spacial score (nSPS) is 40.3. The maximum Gasteiger partial charge on any atom is 0.396 e.